The highest BCUT2D eigenvalue weighted by Gasteiger charge is 2.01. The molecule has 6 heteroatoms. The average molecular weight is 286 g/mol. The number of rotatable bonds is 5. The second-order valence-corrected chi connectivity index (χ2v) is 5.32. The minimum Gasteiger partial charge on any atom is -0.493 e. The first-order valence-corrected chi connectivity index (χ1v) is 7.24. The second-order valence-electron chi connectivity index (χ2n) is 4.26. The summed E-state index contributed by atoms with van der Waals surface area (Å²) in [6.45, 7) is 0.633. The molecule has 0 aliphatic rings. The molecule has 5 nitrogen and oxygen atoms in total. The lowest BCUT2D eigenvalue weighted by atomic mass is 10.2. The molecule has 0 bridgehead atoms. The highest BCUT2D eigenvalue weighted by Crippen LogP contribution is 2.19. The molecule has 0 saturated heterocycles. The van der Waals surface area contributed by atoms with Crippen LogP contribution in [0.4, 0.5) is 0 Å². The van der Waals surface area contributed by atoms with Gasteiger partial charge in [0.1, 0.15) is 12.1 Å². The van der Waals surface area contributed by atoms with Gasteiger partial charge in [-0.3, -0.25) is 0 Å². The number of hydrogen-bond acceptors (Lipinski definition) is 5. The zero-order valence-corrected chi connectivity index (χ0v) is 11.9. The van der Waals surface area contributed by atoms with Crippen molar-refractivity contribution in [3.63, 3.8) is 0 Å². The molecule has 2 heterocycles. The van der Waals surface area contributed by atoms with Crippen LogP contribution in [-0.2, 0) is 7.05 Å². The Morgan fingerprint density at radius 2 is 2.25 bits per heavy atom. The third-order valence-electron chi connectivity index (χ3n) is 2.84. The molecule has 0 aliphatic carbocycles. The minimum atomic E-state index is 0.633. The first kappa shape index (κ1) is 12.9. The fourth-order valence-electron chi connectivity index (χ4n) is 1.83. The predicted molar refractivity (Wildman–Crippen MR) is 79.0 cm³/mol. The van der Waals surface area contributed by atoms with Gasteiger partial charge in [0.2, 0.25) is 0 Å². The van der Waals surface area contributed by atoms with Gasteiger partial charge in [-0.15, -0.1) is 0 Å². The van der Waals surface area contributed by atoms with E-state index in [-0.39, 0.29) is 0 Å². The summed E-state index contributed by atoms with van der Waals surface area (Å²) in [5.41, 5.74) is 0.897. The lowest BCUT2D eigenvalue weighted by Gasteiger charge is -2.06. The van der Waals surface area contributed by atoms with Crippen LogP contribution in [0.15, 0.2) is 48.3 Å². The molecular formula is C14H14N4OS. The number of aromatic nitrogens is 4. The van der Waals surface area contributed by atoms with Crippen molar-refractivity contribution < 1.29 is 4.74 Å². The minimum absolute atomic E-state index is 0.633. The molecular weight excluding hydrogens is 272 g/mol. The van der Waals surface area contributed by atoms with E-state index in [0.717, 1.165) is 27.6 Å². The molecule has 20 heavy (non-hydrogen) atoms. The number of imidazole rings is 1. The van der Waals surface area contributed by atoms with Gasteiger partial charge >= 0.3 is 0 Å². The SMILES string of the molecule is Cn1ccnc1SCCOc1ccc2cncnc2c1. The maximum atomic E-state index is 5.73. The van der Waals surface area contributed by atoms with E-state index < -0.39 is 0 Å². The number of aryl methyl sites for hydroxylation is 1. The molecule has 102 valence electrons. The van der Waals surface area contributed by atoms with Crippen LogP contribution >= 0.6 is 11.8 Å². The summed E-state index contributed by atoms with van der Waals surface area (Å²) in [5, 5.41) is 2.02. The third-order valence-corrected chi connectivity index (χ3v) is 3.86. The van der Waals surface area contributed by atoms with Gasteiger partial charge in [-0.1, -0.05) is 11.8 Å². The number of benzene rings is 1. The normalized spacial score (nSPS) is 10.8. The fourth-order valence-corrected chi connectivity index (χ4v) is 2.58. The molecule has 1 aromatic carbocycles. The standard InChI is InChI=1S/C14H14N4OS/c1-18-5-4-16-14(18)20-7-6-19-12-3-2-11-9-15-10-17-13(11)8-12/h2-5,8-10H,6-7H2,1H3. The first-order chi connectivity index (χ1) is 9.83. The second kappa shape index (κ2) is 5.92. The van der Waals surface area contributed by atoms with Crippen LogP contribution in [0.5, 0.6) is 5.75 Å². The highest BCUT2D eigenvalue weighted by molar-refractivity contribution is 7.99. The fraction of sp³-hybridized carbons (Fsp3) is 0.214. The zero-order chi connectivity index (χ0) is 13.8. The number of hydrogen-bond donors (Lipinski definition) is 0. The van der Waals surface area contributed by atoms with Gasteiger partial charge in [0.25, 0.3) is 0 Å². The molecule has 0 fully saturated rings. The van der Waals surface area contributed by atoms with Crippen molar-refractivity contribution in [2.45, 2.75) is 5.16 Å². The molecule has 3 rings (SSSR count). The Balaban J connectivity index is 1.56. The summed E-state index contributed by atoms with van der Waals surface area (Å²) in [6, 6.07) is 5.84. The Kier molecular flexibility index (Phi) is 3.83. The monoisotopic (exact) mass is 286 g/mol. The third kappa shape index (κ3) is 2.91. The molecule has 2 aromatic heterocycles. The van der Waals surface area contributed by atoms with Crippen LogP contribution in [0.3, 0.4) is 0 Å². The molecule has 0 saturated carbocycles. The van der Waals surface area contributed by atoms with E-state index >= 15 is 0 Å². The molecule has 0 N–H and O–H groups in total. The van der Waals surface area contributed by atoms with E-state index in [0.29, 0.717) is 6.61 Å². The van der Waals surface area contributed by atoms with Gasteiger partial charge in [-0.25, -0.2) is 15.0 Å². The molecule has 0 radical (unpaired) electrons. The van der Waals surface area contributed by atoms with Gasteiger partial charge < -0.3 is 9.30 Å². The average Bonchev–Trinajstić information content (AvgIpc) is 2.89. The molecule has 3 aromatic rings. The lowest BCUT2D eigenvalue weighted by Crippen LogP contribution is -2.01. The van der Waals surface area contributed by atoms with Crippen molar-refractivity contribution in [2.24, 2.45) is 7.05 Å². The molecule has 0 unspecified atom stereocenters. The van der Waals surface area contributed by atoms with Gasteiger partial charge in [-0.2, -0.15) is 0 Å². The van der Waals surface area contributed by atoms with Gasteiger partial charge in [0.15, 0.2) is 5.16 Å². The van der Waals surface area contributed by atoms with E-state index in [1.54, 1.807) is 30.5 Å². The Bertz CT molecular complexity index is 713. The van der Waals surface area contributed by atoms with E-state index in [1.165, 1.54) is 0 Å². The van der Waals surface area contributed by atoms with Crippen LogP contribution in [0.2, 0.25) is 0 Å². The van der Waals surface area contributed by atoms with Crippen molar-refractivity contribution >= 4 is 22.7 Å². The summed E-state index contributed by atoms with van der Waals surface area (Å²) in [7, 11) is 1.99. The van der Waals surface area contributed by atoms with Crippen LogP contribution in [-0.4, -0.2) is 31.9 Å². The number of ether oxygens (including phenoxy) is 1. The van der Waals surface area contributed by atoms with Crippen molar-refractivity contribution in [1.82, 2.24) is 19.5 Å². The molecule has 0 aliphatic heterocycles. The summed E-state index contributed by atoms with van der Waals surface area (Å²) in [6.07, 6.45) is 7.07. The Labute approximate surface area is 121 Å². The van der Waals surface area contributed by atoms with Crippen LogP contribution in [0.25, 0.3) is 10.9 Å². The van der Waals surface area contributed by atoms with Crippen LogP contribution in [0, 0.1) is 0 Å². The van der Waals surface area contributed by atoms with Gasteiger partial charge in [0, 0.05) is 42.8 Å². The van der Waals surface area contributed by atoms with Crippen molar-refractivity contribution in [1.29, 1.82) is 0 Å². The quantitative estimate of drug-likeness (QED) is 0.533. The summed E-state index contributed by atoms with van der Waals surface area (Å²) in [5.74, 6) is 1.68. The topological polar surface area (TPSA) is 52.8 Å². The number of fused-ring (bicyclic) bond motifs is 1. The molecule has 0 amide bonds. The maximum Gasteiger partial charge on any atom is 0.167 e. The van der Waals surface area contributed by atoms with E-state index in [1.807, 2.05) is 36.0 Å². The van der Waals surface area contributed by atoms with Crippen LogP contribution < -0.4 is 4.74 Å². The first-order valence-electron chi connectivity index (χ1n) is 6.25. The smallest absolute Gasteiger partial charge is 0.167 e. The maximum absolute atomic E-state index is 5.73. The predicted octanol–water partition coefficient (Wildman–Crippen LogP) is 2.53. The summed E-state index contributed by atoms with van der Waals surface area (Å²) < 4.78 is 7.73. The molecule has 0 spiro atoms. The Morgan fingerprint density at radius 3 is 3.10 bits per heavy atom. The van der Waals surface area contributed by atoms with Crippen LogP contribution in [0.1, 0.15) is 0 Å². The van der Waals surface area contributed by atoms with Crippen molar-refractivity contribution in [3.05, 3.63) is 43.1 Å². The molecule has 0 atom stereocenters. The van der Waals surface area contributed by atoms with E-state index in [4.69, 9.17) is 4.74 Å². The largest absolute Gasteiger partial charge is 0.493 e. The van der Waals surface area contributed by atoms with Gasteiger partial charge in [-0.05, 0) is 12.1 Å². The number of nitrogens with zero attached hydrogens (tertiary/aromatic N) is 4. The van der Waals surface area contributed by atoms with Crippen molar-refractivity contribution in [3.8, 4) is 5.75 Å². The van der Waals surface area contributed by atoms with E-state index in [2.05, 4.69) is 15.0 Å². The van der Waals surface area contributed by atoms with Gasteiger partial charge in [0.05, 0.1) is 12.1 Å². The Morgan fingerprint density at radius 1 is 1.30 bits per heavy atom. The summed E-state index contributed by atoms with van der Waals surface area (Å²) >= 11 is 1.68. The number of thioether (sulfide) groups is 1. The summed E-state index contributed by atoms with van der Waals surface area (Å²) in [4.78, 5) is 12.5. The Hall–Kier alpha value is -2.08. The van der Waals surface area contributed by atoms with Crippen molar-refractivity contribution in [2.75, 3.05) is 12.4 Å². The highest BCUT2D eigenvalue weighted by atomic mass is 32.2. The zero-order valence-electron chi connectivity index (χ0n) is 11.1. The van der Waals surface area contributed by atoms with E-state index in [9.17, 15) is 0 Å². The lowest BCUT2D eigenvalue weighted by molar-refractivity contribution is 0.344.